The largest absolute Gasteiger partial charge is 0.434 e. The number of nitrogens with zero attached hydrogens (tertiary/aromatic N) is 6. The van der Waals surface area contributed by atoms with Gasteiger partial charge in [-0.25, -0.2) is 29.9 Å². The monoisotopic (exact) mass is 1340 g/mol. The minimum Gasteiger partial charge on any atom is -0.434 e. The van der Waals surface area contributed by atoms with Crippen molar-refractivity contribution < 1.29 is 8.23 Å². The Hall–Kier alpha value is -7.27. The summed E-state index contributed by atoms with van der Waals surface area (Å²) in [5.74, 6) is 2.32. The lowest BCUT2D eigenvalue weighted by Crippen LogP contribution is -2.45. The van der Waals surface area contributed by atoms with Gasteiger partial charge in [0.1, 0.15) is 22.6 Å². The first-order chi connectivity index (χ1) is 47.7. The fraction of sp³-hybridized carbons (Fsp3) is 0.429. The van der Waals surface area contributed by atoms with Gasteiger partial charge >= 0.3 is 10.0 Å². The van der Waals surface area contributed by atoms with Gasteiger partial charge in [0.05, 0.1) is 0 Å². The summed E-state index contributed by atoms with van der Waals surface area (Å²) in [5, 5.41) is 12.6. The number of rotatable bonds is 34. The molecular formula is C84H104N8O2Si3. The summed E-state index contributed by atoms with van der Waals surface area (Å²) in [6.45, 7) is 14.1. The van der Waals surface area contributed by atoms with E-state index >= 15 is 0 Å². The lowest BCUT2D eigenvalue weighted by Gasteiger charge is -2.36. The van der Waals surface area contributed by atoms with Gasteiger partial charge in [0.2, 0.25) is 0 Å². The molecule has 8 aromatic carbocycles. The van der Waals surface area contributed by atoms with Crippen molar-refractivity contribution in [2.45, 2.75) is 232 Å². The van der Waals surface area contributed by atoms with Crippen LogP contribution in [0.5, 0.6) is 0 Å². The Labute approximate surface area is 581 Å². The van der Waals surface area contributed by atoms with E-state index < -0.39 is 16.6 Å². The van der Waals surface area contributed by atoms with Gasteiger partial charge in [-0.1, -0.05) is 293 Å². The third kappa shape index (κ3) is 16.9. The highest BCUT2D eigenvalue weighted by molar-refractivity contribution is 6.80. The summed E-state index contributed by atoms with van der Waals surface area (Å²) < 4.78 is 14.6. The normalized spacial score (nSPS) is 12.4. The average molecular weight is 1340 g/mol. The zero-order chi connectivity index (χ0) is 66.8. The van der Waals surface area contributed by atoms with Crippen molar-refractivity contribution >= 4 is 114 Å². The first-order valence-electron chi connectivity index (χ1n) is 37.8. The third-order valence-corrected chi connectivity index (χ3v) is 32.4. The van der Waals surface area contributed by atoms with Crippen LogP contribution < -0.4 is 0 Å². The highest BCUT2D eigenvalue weighted by Gasteiger charge is 2.38. The smallest absolute Gasteiger partial charge is 0.410 e. The Morgan fingerprint density at radius 1 is 0.268 bits per heavy atom. The standard InChI is InChI=1S/C48H26N8.C36H78O2Si3/c1-2-10-26-18-34-33(17-25(26)9-1)41-49-42(34)54-44-37-21-29-13-5-6-14-30(29)22-38(37)46(51-44)56-48-40-24-32-16-8-7-15-31(32)23-39(40)47(52-48)55-45-36-20-28-12-4-3-11-27(28)19-35(36)43(50-45)53-41;1-7-13-19-25-31-40(32-26-20-14-8-2,33-27-21-15-9-3)37-39-38-41(34-28-22-16-10-4,35-29-23-17-11-5)36-30-24-18-12-6/h1-24H,(H2,49,50,51,52,53,54,55,56);7-36H2,1-6H3. The van der Waals surface area contributed by atoms with E-state index in [0.717, 1.165) is 86.9 Å². The Morgan fingerprint density at radius 2 is 0.474 bits per heavy atom. The van der Waals surface area contributed by atoms with E-state index in [4.69, 9.17) is 38.1 Å². The number of benzene rings is 8. The molecule has 8 bridgehead atoms. The third-order valence-electron chi connectivity index (χ3n) is 20.7. The molecule has 13 rings (SSSR count). The maximum absolute atomic E-state index is 7.29. The molecule has 3 aromatic heterocycles. The van der Waals surface area contributed by atoms with Gasteiger partial charge in [-0.15, -0.1) is 0 Å². The second-order valence-electron chi connectivity index (χ2n) is 28.1. The predicted molar refractivity (Wildman–Crippen MR) is 419 cm³/mol. The first-order valence-corrected chi connectivity index (χ1v) is 43.7. The van der Waals surface area contributed by atoms with E-state index in [1.54, 1.807) is 0 Å². The lowest BCUT2D eigenvalue weighted by atomic mass is 10.0. The van der Waals surface area contributed by atoms with Crippen LogP contribution in [0.25, 0.3) is 133 Å². The van der Waals surface area contributed by atoms with Gasteiger partial charge in [-0.05, 0) is 128 Å². The fourth-order valence-corrected chi connectivity index (χ4v) is 26.3. The summed E-state index contributed by atoms with van der Waals surface area (Å²) in [6.07, 6.45) is 33.0. The molecule has 0 saturated carbocycles. The second kappa shape index (κ2) is 34.0. The van der Waals surface area contributed by atoms with Crippen LogP contribution in [0.15, 0.2) is 146 Å². The molecule has 2 radical (unpaired) electrons. The number of unbranched alkanes of at least 4 members (excludes halogenated alkanes) is 18. The molecule has 2 N–H and O–H groups in total. The molecule has 0 spiro atoms. The van der Waals surface area contributed by atoms with Crippen LogP contribution in [0.1, 0.15) is 196 Å². The SMILES string of the molecule is CCCCCC[Si](CCCCCC)(CCCCCC)O[Si]O[Si](CCCCCC)(CCCCCC)CCCCCC.c1ccc2cc3c(cc2c1)-c1nc-3nc2[nH]c(nc3nc(nc4[nH]c(n1)c1cc5ccccc5cc41)-c1cc4ccccc4cc1-3)c1cc3ccccc3cc21. The lowest BCUT2D eigenvalue weighted by molar-refractivity contribution is 0.418. The first kappa shape index (κ1) is 69.6. The average Bonchev–Trinajstić information content (AvgIpc) is 1.60. The number of fused-ring (bicyclic) bond motifs is 24. The van der Waals surface area contributed by atoms with E-state index in [0.29, 0.717) is 55.9 Å². The minimum absolute atomic E-state index is 0.332. The molecule has 11 aromatic rings. The van der Waals surface area contributed by atoms with Crippen molar-refractivity contribution in [3.8, 4) is 45.6 Å². The van der Waals surface area contributed by atoms with Crippen LogP contribution in [-0.4, -0.2) is 66.5 Å². The number of aromatic amines is 2. The van der Waals surface area contributed by atoms with Crippen LogP contribution in [0.4, 0.5) is 0 Å². The maximum Gasteiger partial charge on any atom is 0.410 e. The van der Waals surface area contributed by atoms with Crippen molar-refractivity contribution in [1.82, 2.24) is 39.9 Å². The van der Waals surface area contributed by atoms with Gasteiger partial charge in [-0.3, -0.25) is 0 Å². The molecule has 2 aliphatic rings. The number of hydrogen-bond donors (Lipinski definition) is 2. The molecule has 97 heavy (non-hydrogen) atoms. The molecule has 0 fully saturated rings. The van der Waals surface area contributed by atoms with E-state index in [2.05, 4.69) is 197 Å². The molecule has 13 heteroatoms. The van der Waals surface area contributed by atoms with Crippen LogP contribution in [0, 0.1) is 0 Å². The fourth-order valence-electron chi connectivity index (χ4n) is 15.0. The van der Waals surface area contributed by atoms with Crippen LogP contribution in [0.2, 0.25) is 36.3 Å². The zero-order valence-electron chi connectivity index (χ0n) is 59.1. The highest BCUT2D eigenvalue weighted by Crippen LogP contribution is 2.42. The Kier molecular flexibility index (Phi) is 24.4. The molecule has 0 atom stereocenters. The van der Waals surface area contributed by atoms with Gasteiger partial charge in [0.15, 0.2) is 39.9 Å². The van der Waals surface area contributed by atoms with E-state index in [-0.39, 0.29) is 0 Å². The highest BCUT2D eigenvalue weighted by atomic mass is 28.4. The number of nitrogens with one attached hydrogen (secondary N) is 2. The van der Waals surface area contributed by atoms with Crippen LogP contribution in [-0.2, 0) is 8.23 Å². The minimum atomic E-state index is -1.77. The van der Waals surface area contributed by atoms with E-state index in [1.165, 1.54) is 190 Å². The topological polar surface area (TPSA) is 127 Å². The predicted octanol–water partition coefficient (Wildman–Crippen LogP) is 25.4. The van der Waals surface area contributed by atoms with Crippen molar-refractivity contribution in [2.24, 2.45) is 0 Å². The molecule has 0 aliphatic carbocycles. The van der Waals surface area contributed by atoms with Crippen molar-refractivity contribution in [3.63, 3.8) is 0 Å². The summed E-state index contributed by atoms with van der Waals surface area (Å²) in [4.78, 5) is 38.8. The Balaban J connectivity index is 0.000000197. The van der Waals surface area contributed by atoms with Crippen molar-refractivity contribution in [1.29, 1.82) is 0 Å². The zero-order valence-corrected chi connectivity index (χ0v) is 62.1. The molecular weight excluding hydrogens is 1240 g/mol. The van der Waals surface area contributed by atoms with Crippen molar-refractivity contribution in [2.75, 3.05) is 0 Å². The molecule has 0 unspecified atom stereocenters. The number of aromatic nitrogens is 8. The molecule has 0 saturated heterocycles. The molecule has 504 valence electrons. The van der Waals surface area contributed by atoms with Gasteiger partial charge < -0.3 is 18.2 Å². The molecule has 10 nitrogen and oxygen atoms in total. The summed E-state index contributed by atoms with van der Waals surface area (Å²) in [5.41, 5.74) is 6.34. The molecule has 2 aliphatic heterocycles. The summed E-state index contributed by atoms with van der Waals surface area (Å²) in [7, 11) is -3.20. The van der Waals surface area contributed by atoms with E-state index in [9.17, 15) is 0 Å². The van der Waals surface area contributed by atoms with Crippen LogP contribution in [0.3, 0.4) is 0 Å². The Morgan fingerprint density at radius 3 is 0.680 bits per heavy atom. The summed E-state index contributed by atoms with van der Waals surface area (Å²) in [6, 6.07) is 59.2. The number of hydrogen-bond acceptors (Lipinski definition) is 8. The number of H-pyrrole nitrogens is 2. The molecule has 5 heterocycles. The Bertz CT molecular complexity index is 4040. The molecule has 0 amide bonds. The maximum atomic E-state index is 7.29. The van der Waals surface area contributed by atoms with Gasteiger partial charge in [-0.2, -0.15) is 0 Å². The van der Waals surface area contributed by atoms with Gasteiger partial charge in [0.25, 0.3) is 0 Å². The quantitative estimate of drug-likeness (QED) is 0.0302. The van der Waals surface area contributed by atoms with Crippen LogP contribution >= 0.6 is 0 Å². The second-order valence-corrected chi connectivity index (χ2v) is 37.6. The van der Waals surface area contributed by atoms with Crippen molar-refractivity contribution in [3.05, 3.63) is 146 Å². The summed E-state index contributed by atoms with van der Waals surface area (Å²) >= 11 is 0. The van der Waals surface area contributed by atoms with E-state index in [1.807, 2.05) is 0 Å². The van der Waals surface area contributed by atoms with Gasteiger partial charge in [0, 0.05) is 43.8 Å².